The molecule has 18 heavy (non-hydrogen) atoms. The summed E-state index contributed by atoms with van der Waals surface area (Å²) in [5.41, 5.74) is 0.224. The van der Waals surface area contributed by atoms with E-state index in [0.29, 0.717) is 0 Å². The summed E-state index contributed by atoms with van der Waals surface area (Å²) >= 11 is 3.26. The first-order valence-electron chi connectivity index (χ1n) is 6.05. The molecule has 0 heterocycles. The van der Waals surface area contributed by atoms with Gasteiger partial charge in [0.25, 0.3) is 5.91 Å². The first kappa shape index (κ1) is 13.4. The molecule has 5 heteroatoms. The van der Waals surface area contributed by atoms with Crippen LogP contribution in [0.3, 0.4) is 0 Å². The van der Waals surface area contributed by atoms with Crippen molar-refractivity contribution in [2.24, 2.45) is 0 Å². The lowest BCUT2D eigenvalue weighted by Gasteiger charge is -2.28. The van der Waals surface area contributed by atoms with E-state index in [1.54, 1.807) is 12.1 Å². The van der Waals surface area contributed by atoms with Crippen molar-refractivity contribution in [2.45, 2.75) is 37.8 Å². The molecule has 1 aliphatic carbocycles. The Kier molecular flexibility index (Phi) is 4.24. The van der Waals surface area contributed by atoms with Gasteiger partial charge >= 0.3 is 0 Å². The topological polar surface area (TPSA) is 69.6 Å². The zero-order valence-electron chi connectivity index (χ0n) is 9.90. The second-order valence-electron chi connectivity index (χ2n) is 4.59. The van der Waals surface area contributed by atoms with Crippen molar-refractivity contribution in [1.29, 1.82) is 0 Å². The second kappa shape index (κ2) is 5.71. The number of halogens is 1. The highest BCUT2D eigenvalue weighted by Crippen LogP contribution is 2.23. The molecule has 0 radical (unpaired) electrons. The monoisotopic (exact) mass is 313 g/mol. The lowest BCUT2D eigenvalue weighted by atomic mass is 9.92. The number of aliphatic hydroxyl groups is 1. The third kappa shape index (κ3) is 3.03. The number of hydrogen-bond acceptors (Lipinski definition) is 3. The Balaban J connectivity index is 2.09. The largest absolute Gasteiger partial charge is 0.507 e. The van der Waals surface area contributed by atoms with Crippen molar-refractivity contribution in [3.63, 3.8) is 0 Å². The Morgan fingerprint density at radius 3 is 2.78 bits per heavy atom. The van der Waals surface area contributed by atoms with Crippen LogP contribution >= 0.6 is 15.9 Å². The molecule has 3 N–H and O–H groups in total. The number of aromatic hydroxyl groups is 1. The van der Waals surface area contributed by atoms with Crippen molar-refractivity contribution >= 4 is 21.8 Å². The number of aliphatic hydroxyl groups excluding tert-OH is 1. The van der Waals surface area contributed by atoms with Gasteiger partial charge in [0.2, 0.25) is 0 Å². The molecule has 0 saturated heterocycles. The van der Waals surface area contributed by atoms with E-state index in [1.165, 1.54) is 6.07 Å². The van der Waals surface area contributed by atoms with Gasteiger partial charge in [-0.2, -0.15) is 0 Å². The Labute approximate surface area is 114 Å². The molecule has 98 valence electrons. The molecule has 1 aromatic rings. The highest BCUT2D eigenvalue weighted by Gasteiger charge is 2.25. The lowest BCUT2D eigenvalue weighted by Crippen LogP contribution is -2.45. The summed E-state index contributed by atoms with van der Waals surface area (Å²) in [6.45, 7) is 0. The van der Waals surface area contributed by atoms with Crippen LogP contribution in [-0.4, -0.2) is 28.3 Å². The number of benzene rings is 1. The maximum absolute atomic E-state index is 12.0. The number of carbonyl (C=O) groups is 1. The molecular formula is C13H16BrNO3. The molecule has 0 aromatic heterocycles. The van der Waals surface area contributed by atoms with Crippen LogP contribution in [0.15, 0.2) is 22.7 Å². The summed E-state index contributed by atoms with van der Waals surface area (Å²) in [5.74, 6) is -0.402. The Hall–Kier alpha value is -1.07. The average Bonchev–Trinajstić information content (AvgIpc) is 2.35. The van der Waals surface area contributed by atoms with Gasteiger partial charge in [-0.3, -0.25) is 4.79 Å². The number of nitrogens with one attached hydrogen (secondary N) is 1. The van der Waals surface area contributed by atoms with Gasteiger partial charge in [-0.25, -0.2) is 0 Å². The molecule has 1 aromatic carbocycles. The van der Waals surface area contributed by atoms with E-state index in [2.05, 4.69) is 21.2 Å². The van der Waals surface area contributed by atoms with Crippen LogP contribution < -0.4 is 5.32 Å². The van der Waals surface area contributed by atoms with Crippen molar-refractivity contribution < 1.29 is 15.0 Å². The first-order valence-corrected chi connectivity index (χ1v) is 6.84. The third-order valence-electron chi connectivity index (χ3n) is 3.25. The fraction of sp³-hybridized carbons (Fsp3) is 0.462. The number of phenols is 1. The minimum absolute atomic E-state index is 0.0546. The minimum atomic E-state index is -0.489. The number of carbonyl (C=O) groups excluding carboxylic acids is 1. The number of amides is 1. The van der Waals surface area contributed by atoms with E-state index in [-0.39, 0.29) is 23.3 Å². The molecule has 1 amide bonds. The summed E-state index contributed by atoms with van der Waals surface area (Å²) in [5, 5.41) is 22.2. The molecular weight excluding hydrogens is 298 g/mol. The van der Waals surface area contributed by atoms with Crippen molar-refractivity contribution in [3.05, 3.63) is 28.2 Å². The third-order valence-corrected chi connectivity index (χ3v) is 3.74. The SMILES string of the molecule is O=C(N[C@H]1CCCC[C@@H]1O)c1cc(Br)ccc1O. The molecule has 0 aliphatic heterocycles. The van der Waals surface area contributed by atoms with Crippen LogP contribution in [0, 0.1) is 0 Å². The average molecular weight is 314 g/mol. The second-order valence-corrected chi connectivity index (χ2v) is 5.51. The van der Waals surface area contributed by atoms with Crippen LogP contribution in [0.25, 0.3) is 0 Å². The predicted octanol–water partition coefficient (Wildman–Crippen LogP) is 2.19. The summed E-state index contributed by atoms with van der Waals surface area (Å²) < 4.78 is 0.731. The van der Waals surface area contributed by atoms with Crippen LogP contribution in [-0.2, 0) is 0 Å². The first-order chi connectivity index (χ1) is 8.58. The smallest absolute Gasteiger partial charge is 0.255 e. The van der Waals surface area contributed by atoms with E-state index in [0.717, 1.165) is 30.2 Å². The summed E-state index contributed by atoms with van der Waals surface area (Å²) in [6, 6.07) is 4.49. The van der Waals surface area contributed by atoms with E-state index in [1.807, 2.05) is 0 Å². The summed E-state index contributed by atoms with van der Waals surface area (Å²) in [4.78, 5) is 12.0. The molecule has 0 bridgehead atoms. The minimum Gasteiger partial charge on any atom is -0.507 e. The normalized spacial score (nSPS) is 23.7. The summed E-state index contributed by atoms with van der Waals surface area (Å²) in [6.07, 6.45) is 3.01. The molecule has 1 saturated carbocycles. The van der Waals surface area contributed by atoms with Gasteiger partial charge in [0.05, 0.1) is 17.7 Å². The fourth-order valence-electron chi connectivity index (χ4n) is 2.22. The van der Waals surface area contributed by atoms with Crippen LogP contribution in [0.5, 0.6) is 5.75 Å². The Bertz CT molecular complexity index is 450. The quantitative estimate of drug-likeness (QED) is 0.784. The van der Waals surface area contributed by atoms with Gasteiger partial charge in [0, 0.05) is 4.47 Å². The highest BCUT2D eigenvalue weighted by molar-refractivity contribution is 9.10. The van der Waals surface area contributed by atoms with Gasteiger partial charge in [-0.1, -0.05) is 28.8 Å². The van der Waals surface area contributed by atoms with E-state index < -0.39 is 6.10 Å². The van der Waals surface area contributed by atoms with E-state index in [4.69, 9.17) is 0 Å². The van der Waals surface area contributed by atoms with Crippen LogP contribution in [0.2, 0.25) is 0 Å². The fourth-order valence-corrected chi connectivity index (χ4v) is 2.58. The number of phenolic OH excluding ortho intramolecular Hbond substituents is 1. The zero-order valence-corrected chi connectivity index (χ0v) is 11.5. The van der Waals surface area contributed by atoms with Crippen molar-refractivity contribution in [3.8, 4) is 5.75 Å². The molecule has 1 aliphatic rings. The molecule has 2 atom stereocenters. The van der Waals surface area contributed by atoms with Crippen molar-refractivity contribution in [1.82, 2.24) is 5.32 Å². The molecule has 2 rings (SSSR count). The molecule has 0 unspecified atom stereocenters. The highest BCUT2D eigenvalue weighted by atomic mass is 79.9. The maximum atomic E-state index is 12.0. The van der Waals surface area contributed by atoms with Crippen molar-refractivity contribution in [2.75, 3.05) is 0 Å². The lowest BCUT2D eigenvalue weighted by molar-refractivity contribution is 0.0715. The zero-order chi connectivity index (χ0) is 13.1. The maximum Gasteiger partial charge on any atom is 0.255 e. The summed E-state index contributed by atoms with van der Waals surface area (Å²) in [7, 11) is 0. The number of rotatable bonds is 2. The van der Waals surface area contributed by atoms with E-state index in [9.17, 15) is 15.0 Å². The molecule has 4 nitrogen and oxygen atoms in total. The van der Waals surface area contributed by atoms with Gasteiger partial charge < -0.3 is 15.5 Å². The predicted molar refractivity (Wildman–Crippen MR) is 71.5 cm³/mol. The van der Waals surface area contributed by atoms with Gasteiger partial charge in [-0.15, -0.1) is 0 Å². The Morgan fingerprint density at radius 2 is 2.06 bits per heavy atom. The standard InChI is InChI=1S/C13H16BrNO3/c14-8-5-6-11(16)9(7-8)13(18)15-10-3-1-2-4-12(10)17/h5-7,10,12,16-17H,1-4H2,(H,15,18)/t10-,12-/m0/s1. The van der Waals surface area contributed by atoms with Crippen LogP contribution in [0.4, 0.5) is 0 Å². The van der Waals surface area contributed by atoms with E-state index >= 15 is 0 Å². The van der Waals surface area contributed by atoms with Gasteiger partial charge in [0.15, 0.2) is 0 Å². The number of hydrogen-bond donors (Lipinski definition) is 3. The van der Waals surface area contributed by atoms with Gasteiger partial charge in [-0.05, 0) is 31.0 Å². The molecule has 0 spiro atoms. The Morgan fingerprint density at radius 1 is 1.33 bits per heavy atom. The molecule has 1 fully saturated rings. The van der Waals surface area contributed by atoms with Crippen LogP contribution in [0.1, 0.15) is 36.0 Å². The van der Waals surface area contributed by atoms with Gasteiger partial charge in [0.1, 0.15) is 5.75 Å².